The van der Waals surface area contributed by atoms with Gasteiger partial charge in [0, 0.05) is 14.7 Å². The molecule has 3 aromatic carbocycles. The molecule has 4 rings (SSSR count). The summed E-state index contributed by atoms with van der Waals surface area (Å²) in [6.07, 6.45) is 0. The molecule has 1 N–H and O–H groups in total. The van der Waals surface area contributed by atoms with Gasteiger partial charge in [0.2, 0.25) is 0 Å². The van der Waals surface area contributed by atoms with Gasteiger partial charge in [-0.15, -0.1) is 11.3 Å². The summed E-state index contributed by atoms with van der Waals surface area (Å²) in [6.45, 7) is 8.33. The Morgan fingerprint density at radius 1 is 0.920 bits per heavy atom. The Bertz CT molecular complexity index is 1130. The van der Waals surface area contributed by atoms with Crippen LogP contribution in [0.4, 0.5) is 0 Å². The molecule has 0 fully saturated rings. The van der Waals surface area contributed by atoms with E-state index in [0.717, 1.165) is 11.1 Å². The van der Waals surface area contributed by atoms with Crippen LogP contribution in [0.15, 0.2) is 40.9 Å². The molecule has 0 atom stereocenters. The molecule has 0 bridgehead atoms. The van der Waals surface area contributed by atoms with E-state index in [4.69, 9.17) is 0 Å². The second-order valence-electron chi connectivity index (χ2n) is 6.68. The molecule has 3 heteroatoms. The first kappa shape index (κ1) is 16.6. The monoisotopic (exact) mass is 410 g/mol. The van der Waals surface area contributed by atoms with Gasteiger partial charge in [-0.05, 0) is 94.3 Å². The van der Waals surface area contributed by atoms with E-state index in [1.54, 1.807) is 0 Å². The average Bonchev–Trinajstić information content (AvgIpc) is 2.89. The van der Waals surface area contributed by atoms with Gasteiger partial charge in [0.1, 0.15) is 5.75 Å². The summed E-state index contributed by atoms with van der Waals surface area (Å²) in [5.74, 6) is 0.389. The van der Waals surface area contributed by atoms with Gasteiger partial charge in [-0.2, -0.15) is 0 Å². The molecule has 1 heterocycles. The van der Waals surface area contributed by atoms with E-state index in [2.05, 4.69) is 66.2 Å². The number of hydrogen-bond acceptors (Lipinski definition) is 2. The van der Waals surface area contributed by atoms with Crippen molar-refractivity contribution < 1.29 is 5.11 Å². The van der Waals surface area contributed by atoms with Crippen molar-refractivity contribution in [2.24, 2.45) is 0 Å². The van der Waals surface area contributed by atoms with Crippen molar-refractivity contribution in [3.63, 3.8) is 0 Å². The number of halogens is 1. The number of phenols is 1. The number of phenolic OH excluding ortho intramolecular Hbond substituents is 1. The molecule has 4 aromatic rings. The van der Waals surface area contributed by atoms with E-state index in [1.807, 2.05) is 25.2 Å². The zero-order valence-electron chi connectivity index (χ0n) is 14.7. The Morgan fingerprint density at radius 3 is 2.16 bits per heavy atom. The minimum atomic E-state index is 0.389. The topological polar surface area (TPSA) is 20.2 Å². The van der Waals surface area contributed by atoms with Crippen LogP contribution in [0.2, 0.25) is 0 Å². The normalized spacial score (nSPS) is 11.6. The molecule has 126 valence electrons. The standard InChI is InChI=1S/C22H19BrOS/c1-11-9-15(10-12(2)21(11)24)19-16-7-5-6-8-17(16)20(23)22-18(19)13(3)14(4)25-22/h5-10,24H,1-4H3. The van der Waals surface area contributed by atoms with Crippen LogP contribution in [0.3, 0.4) is 0 Å². The number of fused-ring (bicyclic) bond motifs is 2. The molecule has 25 heavy (non-hydrogen) atoms. The molecular weight excluding hydrogens is 392 g/mol. The van der Waals surface area contributed by atoms with Gasteiger partial charge in [0.25, 0.3) is 0 Å². The molecular formula is C22H19BrOS. The van der Waals surface area contributed by atoms with Gasteiger partial charge in [0.05, 0.1) is 4.70 Å². The SMILES string of the molecule is Cc1cc(-c2c3ccccc3c(Br)c3sc(C)c(C)c23)cc(C)c1O. The Balaban J connectivity index is 2.27. The molecule has 0 unspecified atom stereocenters. The summed E-state index contributed by atoms with van der Waals surface area (Å²) in [6, 6.07) is 12.8. The maximum atomic E-state index is 10.2. The Labute approximate surface area is 160 Å². The van der Waals surface area contributed by atoms with Gasteiger partial charge < -0.3 is 5.11 Å². The summed E-state index contributed by atoms with van der Waals surface area (Å²) in [7, 11) is 0. The lowest BCUT2D eigenvalue weighted by molar-refractivity contribution is 0.467. The molecule has 1 aromatic heterocycles. The van der Waals surface area contributed by atoms with Crippen LogP contribution in [0.5, 0.6) is 5.75 Å². The van der Waals surface area contributed by atoms with Crippen LogP contribution in [-0.2, 0) is 0 Å². The quantitative estimate of drug-likeness (QED) is 0.345. The van der Waals surface area contributed by atoms with Crippen LogP contribution in [0, 0.1) is 27.7 Å². The molecule has 0 saturated heterocycles. The van der Waals surface area contributed by atoms with Crippen LogP contribution < -0.4 is 0 Å². The summed E-state index contributed by atoms with van der Waals surface area (Å²) in [5, 5.41) is 14.0. The van der Waals surface area contributed by atoms with Crippen molar-refractivity contribution in [3.05, 3.63) is 62.4 Å². The minimum absolute atomic E-state index is 0.389. The second kappa shape index (κ2) is 5.86. The van der Waals surface area contributed by atoms with Crippen molar-refractivity contribution >= 4 is 48.1 Å². The smallest absolute Gasteiger partial charge is 0.121 e. The van der Waals surface area contributed by atoms with Crippen molar-refractivity contribution in [3.8, 4) is 16.9 Å². The number of aromatic hydroxyl groups is 1. The fourth-order valence-corrected chi connectivity index (χ4v) is 5.54. The van der Waals surface area contributed by atoms with Crippen LogP contribution >= 0.6 is 27.3 Å². The van der Waals surface area contributed by atoms with E-state index in [1.165, 1.54) is 46.9 Å². The molecule has 0 aliphatic rings. The third-order valence-electron chi connectivity index (χ3n) is 5.05. The van der Waals surface area contributed by atoms with E-state index in [9.17, 15) is 5.11 Å². The number of benzene rings is 3. The first-order chi connectivity index (χ1) is 11.9. The van der Waals surface area contributed by atoms with Gasteiger partial charge in [-0.1, -0.05) is 24.3 Å². The Morgan fingerprint density at radius 2 is 1.52 bits per heavy atom. The van der Waals surface area contributed by atoms with Gasteiger partial charge in [-0.3, -0.25) is 0 Å². The largest absolute Gasteiger partial charge is 0.507 e. The molecule has 0 radical (unpaired) electrons. The van der Waals surface area contributed by atoms with Crippen molar-refractivity contribution in [1.29, 1.82) is 0 Å². The molecule has 0 saturated carbocycles. The van der Waals surface area contributed by atoms with Crippen LogP contribution in [0.25, 0.3) is 32.0 Å². The number of thiophene rings is 1. The summed E-state index contributed by atoms with van der Waals surface area (Å²) >= 11 is 5.69. The third kappa shape index (κ3) is 2.41. The highest BCUT2D eigenvalue weighted by Crippen LogP contribution is 2.47. The third-order valence-corrected chi connectivity index (χ3v) is 7.36. The highest BCUT2D eigenvalue weighted by molar-refractivity contribution is 9.11. The summed E-state index contributed by atoms with van der Waals surface area (Å²) in [4.78, 5) is 1.35. The molecule has 1 nitrogen and oxygen atoms in total. The van der Waals surface area contributed by atoms with E-state index >= 15 is 0 Å². The van der Waals surface area contributed by atoms with E-state index in [-0.39, 0.29) is 0 Å². The maximum Gasteiger partial charge on any atom is 0.121 e. The fourth-order valence-electron chi connectivity index (χ4n) is 3.63. The van der Waals surface area contributed by atoms with Gasteiger partial charge in [0.15, 0.2) is 0 Å². The Hall–Kier alpha value is -1.84. The zero-order valence-corrected chi connectivity index (χ0v) is 17.1. The highest BCUT2D eigenvalue weighted by Gasteiger charge is 2.19. The first-order valence-corrected chi connectivity index (χ1v) is 9.91. The van der Waals surface area contributed by atoms with Gasteiger partial charge in [-0.25, -0.2) is 0 Å². The fraction of sp³-hybridized carbons (Fsp3) is 0.182. The lowest BCUT2D eigenvalue weighted by Crippen LogP contribution is -1.89. The van der Waals surface area contributed by atoms with E-state index < -0.39 is 0 Å². The minimum Gasteiger partial charge on any atom is -0.507 e. The number of rotatable bonds is 1. The number of aryl methyl sites for hydroxylation is 4. The predicted molar refractivity (Wildman–Crippen MR) is 113 cm³/mol. The van der Waals surface area contributed by atoms with Crippen molar-refractivity contribution in [2.75, 3.05) is 0 Å². The lowest BCUT2D eigenvalue weighted by atomic mass is 9.91. The highest BCUT2D eigenvalue weighted by atomic mass is 79.9. The average molecular weight is 411 g/mol. The predicted octanol–water partition coefficient (Wildman–Crippen LogP) is 7.42. The summed E-state index contributed by atoms with van der Waals surface area (Å²) in [5.41, 5.74) is 5.61. The van der Waals surface area contributed by atoms with Crippen LogP contribution in [0.1, 0.15) is 21.6 Å². The molecule has 0 amide bonds. The van der Waals surface area contributed by atoms with E-state index in [0.29, 0.717) is 5.75 Å². The maximum absolute atomic E-state index is 10.2. The lowest BCUT2D eigenvalue weighted by Gasteiger charge is -2.15. The summed E-state index contributed by atoms with van der Waals surface area (Å²) < 4.78 is 2.47. The molecule has 0 aliphatic heterocycles. The van der Waals surface area contributed by atoms with Crippen LogP contribution in [-0.4, -0.2) is 5.11 Å². The van der Waals surface area contributed by atoms with Crippen molar-refractivity contribution in [2.45, 2.75) is 27.7 Å². The Kier molecular flexibility index (Phi) is 3.89. The number of hydrogen-bond donors (Lipinski definition) is 1. The second-order valence-corrected chi connectivity index (χ2v) is 8.70. The molecule has 0 aliphatic carbocycles. The zero-order chi connectivity index (χ0) is 17.9. The van der Waals surface area contributed by atoms with Gasteiger partial charge >= 0.3 is 0 Å². The molecule has 0 spiro atoms. The van der Waals surface area contributed by atoms with Crippen molar-refractivity contribution in [1.82, 2.24) is 0 Å². The first-order valence-electron chi connectivity index (χ1n) is 8.30.